The number of ether oxygens (including phenoxy) is 1. The SMILES string of the molecule is COc1ccc(-n2c(C)cc(C(=O)NC3CCCC(C(=O)O)CC3)c2C)cc1. The first kappa shape index (κ1) is 20.0. The zero-order valence-corrected chi connectivity index (χ0v) is 16.7. The summed E-state index contributed by atoms with van der Waals surface area (Å²) in [5.41, 5.74) is 3.51. The second-order valence-corrected chi connectivity index (χ2v) is 7.53. The summed E-state index contributed by atoms with van der Waals surface area (Å²) in [4.78, 5) is 24.1. The summed E-state index contributed by atoms with van der Waals surface area (Å²) in [5, 5.41) is 12.3. The van der Waals surface area contributed by atoms with Crippen molar-refractivity contribution in [1.82, 2.24) is 9.88 Å². The van der Waals surface area contributed by atoms with Gasteiger partial charge < -0.3 is 19.7 Å². The molecule has 2 aromatic rings. The highest BCUT2D eigenvalue weighted by Gasteiger charge is 2.25. The van der Waals surface area contributed by atoms with Crippen LogP contribution in [0.25, 0.3) is 5.69 Å². The molecule has 6 nitrogen and oxygen atoms in total. The van der Waals surface area contributed by atoms with Crippen LogP contribution >= 0.6 is 0 Å². The van der Waals surface area contributed by atoms with Crippen LogP contribution in [-0.4, -0.2) is 34.7 Å². The van der Waals surface area contributed by atoms with Gasteiger partial charge in [-0.15, -0.1) is 0 Å². The fourth-order valence-electron chi connectivity index (χ4n) is 4.08. The summed E-state index contributed by atoms with van der Waals surface area (Å²) in [6, 6.07) is 9.68. The number of aromatic nitrogens is 1. The summed E-state index contributed by atoms with van der Waals surface area (Å²) < 4.78 is 7.27. The Bertz CT molecular complexity index is 854. The third kappa shape index (κ3) is 4.21. The first-order chi connectivity index (χ1) is 13.4. The van der Waals surface area contributed by atoms with E-state index in [4.69, 9.17) is 4.74 Å². The summed E-state index contributed by atoms with van der Waals surface area (Å²) in [7, 11) is 1.63. The average molecular weight is 384 g/mol. The number of nitrogens with one attached hydrogen (secondary N) is 1. The summed E-state index contributed by atoms with van der Waals surface area (Å²) in [6.07, 6.45) is 3.66. The normalized spacial score (nSPS) is 19.7. The van der Waals surface area contributed by atoms with Crippen molar-refractivity contribution in [3.8, 4) is 11.4 Å². The van der Waals surface area contributed by atoms with Crippen molar-refractivity contribution >= 4 is 11.9 Å². The van der Waals surface area contributed by atoms with E-state index in [1.165, 1.54) is 0 Å². The summed E-state index contributed by atoms with van der Waals surface area (Å²) >= 11 is 0. The van der Waals surface area contributed by atoms with E-state index in [2.05, 4.69) is 9.88 Å². The lowest BCUT2D eigenvalue weighted by atomic mass is 10.0. The first-order valence-corrected chi connectivity index (χ1v) is 9.77. The summed E-state index contributed by atoms with van der Waals surface area (Å²) in [6.45, 7) is 3.93. The molecule has 150 valence electrons. The van der Waals surface area contributed by atoms with E-state index in [0.29, 0.717) is 24.8 Å². The van der Waals surface area contributed by atoms with E-state index in [0.717, 1.165) is 35.7 Å². The Morgan fingerprint density at radius 1 is 1.11 bits per heavy atom. The lowest BCUT2D eigenvalue weighted by molar-refractivity contribution is -0.142. The number of hydrogen-bond acceptors (Lipinski definition) is 3. The fourth-order valence-corrected chi connectivity index (χ4v) is 4.08. The number of carbonyl (C=O) groups excluding carboxylic acids is 1. The molecule has 2 N–H and O–H groups in total. The highest BCUT2D eigenvalue weighted by molar-refractivity contribution is 5.96. The van der Waals surface area contributed by atoms with Crippen molar-refractivity contribution < 1.29 is 19.4 Å². The van der Waals surface area contributed by atoms with E-state index in [-0.39, 0.29) is 17.9 Å². The van der Waals surface area contributed by atoms with Gasteiger partial charge in [0.25, 0.3) is 5.91 Å². The van der Waals surface area contributed by atoms with E-state index in [1.807, 2.05) is 44.2 Å². The second kappa shape index (κ2) is 8.50. The molecule has 1 fully saturated rings. The number of benzene rings is 1. The van der Waals surface area contributed by atoms with E-state index >= 15 is 0 Å². The molecule has 3 rings (SSSR count). The highest BCUT2D eigenvalue weighted by atomic mass is 16.5. The maximum atomic E-state index is 12.9. The van der Waals surface area contributed by atoms with Crippen LogP contribution in [0.15, 0.2) is 30.3 Å². The number of aliphatic carboxylic acids is 1. The van der Waals surface area contributed by atoms with Gasteiger partial charge in [-0.3, -0.25) is 9.59 Å². The van der Waals surface area contributed by atoms with Crippen molar-refractivity contribution in [2.45, 2.75) is 52.0 Å². The van der Waals surface area contributed by atoms with Crippen LogP contribution in [0.1, 0.15) is 53.8 Å². The molecule has 0 spiro atoms. The molecule has 0 radical (unpaired) electrons. The molecular formula is C22H28N2O4. The monoisotopic (exact) mass is 384 g/mol. The van der Waals surface area contributed by atoms with Crippen LogP contribution in [0, 0.1) is 19.8 Å². The Balaban J connectivity index is 1.75. The van der Waals surface area contributed by atoms with Gasteiger partial charge in [-0.1, -0.05) is 6.42 Å². The maximum absolute atomic E-state index is 12.9. The minimum atomic E-state index is -0.727. The Hall–Kier alpha value is -2.76. The van der Waals surface area contributed by atoms with Gasteiger partial charge in [-0.25, -0.2) is 0 Å². The molecule has 0 bridgehead atoms. The number of aryl methyl sites for hydroxylation is 1. The van der Waals surface area contributed by atoms with Gasteiger partial charge in [0.2, 0.25) is 0 Å². The number of methoxy groups -OCH3 is 1. The lowest BCUT2D eigenvalue weighted by Gasteiger charge is -2.16. The fraction of sp³-hybridized carbons (Fsp3) is 0.455. The van der Waals surface area contributed by atoms with Crippen molar-refractivity contribution in [1.29, 1.82) is 0 Å². The van der Waals surface area contributed by atoms with E-state index in [9.17, 15) is 14.7 Å². The molecule has 1 aliphatic rings. The Morgan fingerprint density at radius 3 is 2.46 bits per heavy atom. The zero-order valence-electron chi connectivity index (χ0n) is 16.7. The smallest absolute Gasteiger partial charge is 0.306 e. The van der Waals surface area contributed by atoms with Crippen LogP contribution in [0.3, 0.4) is 0 Å². The molecule has 1 amide bonds. The quantitative estimate of drug-likeness (QED) is 0.767. The number of carbonyl (C=O) groups is 2. The molecule has 0 aliphatic heterocycles. The predicted molar refractivity (Wildman–Crippen MR) is 107 cm³/mol. The molecule has 2 atom stereocenters. The Labute approximate surface area is 165 Å². The molecule has 1 aliphatic carbocycles. The molecule has 6 heteroatoms. The largest absolute Gasteiger partial charge is 0.497 e. The Morgan fingerprint density at radius 2 is 1.82 bits per heavy atom. The number of amides is 1. The van der Waals surface area contributed by atoms with Crippen molar-refractivity contribution in [3.05, 3.63) is 47.3 Å². The van der Waals surface area contributed by atoms with Crippen molar-refractivity contribution in [3.63, 3.8) is 0 Å². The van der Waals surface area contributed by atoms with Crippen LogP contribution < -0.4 is 10.1 Å². The maximum Gasteiger partial charge on any atom is 0.306 e. The third-order valence-corrected chi connectivity index (χ3v) is 5.66. The van der Waals surface area contributed by atoms with Crippen LogP contribution in [-0.2, 0) is 4.79 Å². The highest BCUT2D eigenvalue weighted by Crippen LogP contribution is 2.25. The van der Waals surface area contributed by atoms with Gasteiger partial charge >= 0.3 is 5.97 Å². The molecule has 1 heterocycles. The molecular weight excluding hydrogens is 356 g/mol. The first-order valence-electron chi connectivity index (χ1n) is 9.77. The minimum Gasteiger partial charge on any atom is -0.497 e. The summed E-state index contributed by atoms with van der Waals surface area (Å²) in [5.74, 6) is -0.319. The topological polar surface area (TPSA) is 80.6 Å². The third-order valence-electron chi connectivity index (χ3n) is 5.66. The van der Waals surface area contributed by atoms with Gasteiger partial charge in [-0.2, -0.15) is 0 Å². The van der Waals surface area contributed by atoms with E-state index < -0.39 is 5.97 Å². The minimum absolute atomic E-state index is 0.0286. The molecule has 2 unspecified atom stereocenters. The number of rotatable bonds is 5. The lowest BCUT2D eigenvalue weighted by Crippen LogP contribution is -2.34. The second-order valence-electron chi connectivity index (χ2n) is 7.53. The molecule has 1 saturated carbocycles. The molecule has 0 saturated heterocycles. The van der Waals surface area contributed by atoms with Gasteiger partial charge in [0.1, 0.15) is 5.75 Å². The van der Waals surface area contributed by atoms with Gasteiger partial charge in [0, 0.05) is 23.1 Å². The standard InChI is InChI=1S/C22H28N2O4/c1-14-13-20(15(2)24(14)18-9-11-19(28-3)12-10-18)21(25)23-17-6-4-5-16(7-8-17)22(26)27/h9-13,16-17H,4-8H2,1-3H3,(H,23,25)(H,26,27). The number of hydrogen-bond donors (Lipinski definition) is 2. The van der Waals surface area contributed by atoms with Gasteiger partial charge in [-0.05, 0) is 69.9 Å². The van der Waals surface area contributed by atoms with Crippen LogP contribution in [0.4, 0.5) is 0 Å². The van der Waals surface area contributed by atoms with Crippen molar-refractivity contribution in [2.75, 3.05) is 7.11 Å². The van der Waals surface area contributed by atoms with Crippen LogP contribution in [0.5, 0.6) is 5.75 Å². The molecule has 1 aromatic carbocycles. The van der Waals surface area contributed by atoms with Gasteiger partial charge in [0.05, 0.1) is 18.6 Å². The molecule has 1 aromatic heterocycles. The number of nitrogens with zero attached hydrogens (tertiary/aromatic N) is 1. The van der Waals surface area contributed by atoms with Gasteiger partial charge in [0.15, 0.2) is 0 Å². The average Bonchev–Trinajstić information content (AvgIpc) is 2.84. The Kier molecular flexibility index (Phi) is 6.07. The van der Waals surface area contributed by atoms with Crippen LogP contribution in [0.2, 0.25) is 0 Å². The number of carboxylic acid groups (broad SMARTS) is 1. The molecule has 28 heavy (non-hydrogen) atoms. The zero-order chi connectivity index (χ0) is 20.3. The number of carboxylic acids is 1. The van der Waals surface area contributed by atoms with E-state index in [1.54, 1.807) is 7.11 Å². The predicted octanol–water partition coefficient (Wildman–Crippen LogP) is 3.87. The van der Waals surface area contributed by atoms with Crippen molar-refractivity contribution in [2.24, 2.45) is 5.92 Å².